The standard InChI is InChI=1S/C13H14N2OS/c1-9-3-5-10(6-4-9)17-13-11(14)7-8-12(15-13)16-2/h3-8H,14H2,1-2H3. The summed E-state index contributed by atoms with van der Waals surface area (Å²) in [5.74, 6) is 0.578. The van der Waals surface area contributed by atoms with E-state index in [4.69, 9.17) is 10.5 Å². The van der Waals surface area contributed by atoms with Gasteiger partial charge in [0.1, 0.15) is 5.03 Å². The molecule has 0 saturated carbocycles. The molecule has 0 amide bonds. The number of anilines is 1. The van der Waals surface area contributed by atoms with Crippen molar-refractivity contribution in [3.63, 3.8) is 0 Å². The molecule has 0 fully saturated rings. The van der Waals surface area contributed by atoms with Gasteiger partial charge in [-0.05, 0) is 25.1 Å². The van der Waals surface area contributed by atoms with Crippen molar-refractivity contribution in [3.8, 4) is 5.88 Å². The molecule has 2 rings (SSSR count). The van der Waals surface area contributed by atoms with Gasteiger partial charge in [0.2, 0.25) is 5.88 Å². The maximum atomic E-state index is 5.88. The summed E-state index contributed by atoms with van der Waals surface area (Å²) in [6.07, 6.45) is 0. The van der Waals surface area contributed by atoms with Crippen LogP contribution in [0.2, 0.25) is 0 Å². The molecule has 88 valence electrons. The number of methoxy groups -OCH3 is 1. The minimum atomic E-state index is 0.578. The Morgan fingerprint density at radius 1 is 1.12 bits per heavy atom. The SMILES string of the molecule is COc1ccc(N)c(Sc2ccc(C)cc2)n1. The van der Waals surface area contributed by atoms with E-state index in [1.54, 1.807) is 13.2 Å². The third-order valence-electron chi connectivity index (χ3n) is 2.31. The van der Waals surface area contributed by atoms with Gasteiger partial charge in [-0.25, -0.2) is 4.98 Å². The van der Waals surface area contributed by atoms with Crippen LogP contribution in [0.1, 0.15) is 5.56 Å². The Morgan fingerprint density at radius 3 is 2.47 bits per heavy atom. The van der Waals surface area contributed by atoms with E-state index in [0.29, 0.717) is 11.6 Å². The second-order valence-electron chi connectivity index (χ2n) is 3.66. The van der Waals surface area contributed by atoms with Crippen molar-refractivity contribution in [1.82, 2.24) is 4.98 Å². The summed E-state index contributed by atoms with van der Waals surface area (Å²) in [5, 5.41) is 0.771. The molecule has 3 nitrogen and oxygen atoms in total. The number of nitrogens with zero attached hydrogens (tertiary/aromatic N) is 1. The largest absolute Gasteiger partial charge is 0.481 e. The Balaban J connectivity index is 2.25. The third-order valence-corrected chi connectivity index (χ3v) is 3.34. The molecule has 17 heavy (non-hydrogen) atoms. The summed E-state index contributed by atoms with van der Waals surface area (Å²) in [4.78, 5) is 5.44. The van der Waals surface area contributed by atoms with Gasteiger partial charge in [-0.15, -0.1) is 0 Å². The Labute approximate surface area is 105 Å². The van der Waals surface area contributed by atoms with Crippen LogP contribution >= 0.6 is 11.8 Å². The maximum Gasteiger partial charge on any atom is 0.214 e. The summed E-state index contributed by atoms with van der Waals surface area (Å²) in [6.45, 7) is 2.06. The van der Waals surface area contributed by atoms with E-state index in [1.165, 1.54) is 17.3 Å². The molecule has 0 spiro atoms. The van der Waals surface area contributed by atoms with Crippen LogP contribution < -0.4 is 10.5 Å². The summed E-state index contributed by atoms with van der Waals surface area (Å²) in [7, 11) is 1.60. The Morgan fingerprint density at radius 2 is 1.82 bits per heavy atom. The highest BCUT2D eigenvalue weighted by Crippen LogP contribution is 2.31. The highest BCUT2D eigenvalue weighted by Gasteiger charge is 2.05. The van der Waals surface area contributed by atoms with Crippen LogP contribution in [0.3, 0.4) is 0 Å². The summed E-state index contributed by atoms with van der Waals surface area (Å²) in [5.41, 5.74) is 7.78. The van der Waals surface area contributed by atoms with Crippen molar-refractivity contribution in [1.29, 1.82) is 0 Å². The topological polar surface area (TPSA) is 48.1 Å². The number of hydrogen-bond acceptors (Lipinski definition) is 4. The molecule has 4 heteroatoms. The van der Waals surface area contributed by atoms with Crippen molar-refractivity contribution in [3.05, 3.63) is 42.0 Å². The quantitative estimate of drug-likeness (QED) is 0.904. The lowest BCUT2D eigenvalue weighted by atomic mass is 10.2. The van der Waals surface area contributed by atoms with E-state index >= 15 is 0 Å². The average Bonchev–Trinajstić information content (AvgIpc) is 2.35. The first-order valence-electron chi connectivity index (χ1n) is 5.24. The highest BCUT2D eigenvalue weighted by atomic mass is 32.2. The molecule has 0 atom stereocenters. The second kappa shape index (κ2) is 5.10. The Hall–Kier alpha value is -1.68. The lowest BCUT2D eigenvalue weighted by Crippen LogP contribution is -1.94. The minimum absolute atomic E-state index is 0.578. The molecule has 0 radical (unpaired) electrons. The van der Waals surface area contributed by atoms with Crippen LogP contribution in [0.5, 0.6) is 5.88 Å². The van der Waals surface area contributed by atoms with Crippen LogP contribution in [0.15, 0.2) is 46.3 Å². The molecule has 0 aliphatic heterocycles. The van der Waals surface area contributed by atoms with Crippen molar-refractivity contribution in [2.24, 2.45) is 0 Å². The molecular weight excluding hydrogens is 232 g/mol. The van der Waals surface area contributed by atoms with Gasteiger partial charge in [0.25, 0.3) is 0 Å². The van der Waals surface area contributed by atoms with Gasteiger partial charge in [-0.2, -0.15) is 0 Å². The first-order chi connectivity index (χ1) is 8.19. The molecule has 0 saturated heterocycles. The fourth-order valence-corrected chi connectivity index (χ4v) is 2.16. The summed E-state index contributed by atoms with van der Waals surface area (Å²) < 4.78 is 5.09. The van der Waals surface area contributed by atoms with Gasteiger partial charge in [-0.1, -0.05) is 29.5 Å². The first-order valence-corrected chi connectivity index (χ1v) is 6.06. The van der Waals surface area contributed by atoms with Crippen LogP contribution in [0.4, 0.5) is 5.69 Å². The molecule has 2 N–H and O–H groups in total. The van der Waals surface area contributed by atoms with Crippen LogP contribution in [-0.2, 0) is 0 Å². The molecular formula is C13H14N2OS. The molecule has 0 aliphatic rings. The fraction of sp³-hybridized carbons (Fsp3) is 0.154. The van der Waals surface area contributed by atoms with Crippen molar-refractivity contribution in [2.75, 3.05) is 12.8 Å². The predicted octanol–water partition coefficient (Wildman–Crippen LogP) is 3.13. The lowest BCUT2D eigenvalue weighted by Gasteiger charge is -2.06. The van der Waals surface area contributed by atoms with Crippen LogP contribution in [0.25, 0.3) is 0 Å². The van der Waals surface area contributed by atoms with Gasteiger partial charge in [0.15, 0.2) is 0 Å². The normalized spacial score (nSPS) is 10.2. The van der Waals surface area contributed by atoms with E-state index < -0.39 is 0 Å². The van der Waals surface area contributed by atoms with E-state index in [9.17, 15) is 0 Å². The number of rotatable bonds is 3. The average molecular weight is 246 g/mol. The van der Waals surface area contributed by atoms with Crippen LogP contribution in [-0.4, -0.2) is 12.1 Å². The molecule has 1 aromatic heterocycles. The first kappa shape index (κ1) is 11.8. The highest BCUT2D eigenvalue weighted by molar-refractivity contribution is 7.99. The van der Waals surface area contributed by atoms with E-state index in [1.807, 2.05) is 6.07 Å². The Bertz CT molecular complexity index is 511. The number of aromatic nitrogens is 1. The molecule has 1 heterocycles. The number of nitrogen functional groups attached to an aromatic ring is 1. The summed E-state index contributed by atoms with van der Waals surface area (Å²) >= 11 is 1.54. The monoisotopic (exact) mass is 246 g/mol. The van der Waals surface area contributed by atoms with Gasteiger partial charge in [0, 0.05) is 11.0 Å². The van der Waals surface area contributed by atoms with Crippen molar-refractivity contribution < 1.29 is 4.74 Å². The number of benzene rings is 1. The second-order valence-corrected chi connectivity index (χ2v) is 4.73. The zero-order valence-electron chi connectivity index (χ0n) is 9.81. The lowest BCUT2D eigenvalue weighted by molar-refractivity contribution is 0.395. The Kier molecular flexibility index (Phi) is 3.54. The number of ether oxygens (including phenoxy) is 1. The molecule has 0 bridgehead atoms. The van der Waals surface area contributed by atoms with Crippen molar-refractivity contribution in [2.45, 2.75) is 16.8 Å². The van der Waals surface area contributed by atoms with E-state index in [2.05, 4.69) is 36.2 Å². The van der Waals surface area contributed by atoms with Gasteiger partial charge >= 0.3 is 0 Å². The molecule has 0 unspecified atom stereocenters. The number of pyridine rings is 1. The number of nitrogens with two attached hydrogens (primary N) is 1. The van der Waals surface area contributed by atoms with E-state index in [-0.39, 0.29) is 0 Å². The van der Waals surface area contributed by atoms with Crippen LogP contribution in [0, 0.1) is 6.92 Å². The summed E-state index contributed by atoms with van der Waals surface area (Å²) in [6, 6.07) is 11.8. The third kappa shape index (κ3) is 2.91. The molecule has 2 aromatic rings. The zero-order chi connectivity index (χ0) is 12.3. The maximum absolute atomic E-state index is 5.88. The van der Waals surface area contributed by atoms with Crippen molar-refractivity contribution >= 4 is 17.4 Å². The van der Waals surface area contributed by atoms with Gasteiger partial charge in [0.05, 0.1) is 12.8 Å². The zero-order valence-corrected chi connectivity index (χ0v) is 10.6. The molecule has 1 aromatic carbocycles. The molecule has 0 aliphatic carbocycles. The van der Waals surface area contributed by atoms with Gasteiger partial charge < -0.3 is 10.5 Å². The number of hydrogen-bond donors (Lipinski definition) is 1. The smallest absolute Gasteiger partial charge is 0.214 e. The fourth-order valence-electron chi connectivity index (χ4n) is 1.35. The predicted molar refractivity (Wildman–Crippen MR) is 70.5 cm³/mol. The number of aryl methyl sites for hydroxylation is 1. The van der Waals surface area contributed by atoms with E-state index in [0.717, 1.165) is 9.92 Å². The minimum Gasteiger partial charge on any atom is -0.481 e. The van der Waals surface area contributed by atoms with Gasteiger partial charge in [-0.3, -0.25) is 0 Å².